The second kappa shape index (κ2) is 7.28. The van der Waals surface area contributed by atoms with Gasteiger partial charge in [0.2, 0.25) is 0 Å². The molecule has 0 bridgehead atoms. The Balaban J connectivity index is 1.95. The SMILES string of the molecule is CC(C)CNCc1cc(N(C)CC2CCC2)ncc1Cl. The quantitative estimate of drug-likeness (QED) is 0.831. The van der Waals surface area contributed by atoms with Crippen LogP contribution in [0.1, 0.15) is 38.7 Å². The Bertz CT molecular complexity index is 430. The first kappa shape index (κ1) is 15.6. The van der Waals surface area contributed by atoms with E-state index in [2.05, 4.69) is 42.2 Å². The van der Waals surface area contributed by atoms with Gasteiger partial charge in [0.05, 0.1) is 5.02 Å². The lowest BCUT2D eigenvalue weighted by atomic mass is 9.85. The summed E-state index contributed by atoms with van der Waals surface area (Å²) in [5.74, 6) is 2.53. The van der Waals surface area contributed by atoms with Crippen LogP contribution in [0.25, 0.3) is 0 Å². The molecule has 0 unspecified atom stereocenters. The summed E-state index contributed by atoms with van der Waals surface area (Å²) in [6, 6.07) is 2.12. The molecule has 1 aromatic rings. The fraction of sp³-hybridized carbons (Fsp3) is 0.688. The molecule has 2 rings (SSSR count). The molecule has 1 aliphatic rings. The molecule has 112 valence electrons. The van der Waals surface area contributed by atoms with Crippen molar-refractivity contribution in [3.8, 4) is 0 Å². The third-order valence-corrected chi connectivity index (χ3v) is 4.28. The van der Waals surface area contributed by atoms with Crippen LogP contribution in [-0.2, 0) is 6.54 Å². The van der Waals surface area contributed by atoms with Crippen LogP contribution in [0.5, 0.6) is 0 Å². The van der Waals surface area contributed by atoms with Gasteiger partial charge in [-0.2, -0.15) is 0 Å². The summed E-state index contributed by atoms with van der Waals surface area (Å²) in [7, 11) is 2.12. The number of anilines is 1. The number of hydrogen-bond acceptors (Lipinski definition) is 3. The summed E-state index contributed by atoms with van der Waals surface area (Å²) in [4.78, 5) is 6.72. The maximum absolute atomic E-state index is 6.24. The van der Waals surface area contributed by atoms with E-state index in [4.69, 9.17) is 11.6 Å². The van der Waals surface area contributed by atoms with E-state index in [0.717, 1.165) is 42.0 Å². The van der Waals surface area contributed by atoms with Crippen LogP contribution in [-0.4, -0.2) is 25.1 Å². The van der Waals surface area contributed by atoms with Gasteiger partial charge >= 0.3 is 0 Å². The molecule has 3 nitrogen and oxygen atoms in total. The van der Waals surface area contributed by atoms with Crippen LogP contribution in [0.3, 0.4) is 0 Å². The average molecular weight is 296 g/mol. The van der Waals surface area contributed by atoms with Crippen molar-refractivity contribution in [2.75, 3.05) is 25.0 Å². The fourth-order valence-electron chi connectivity index (χ4n) is 2.46. The van der Waals surface area contributed by atoms with Crippen LogP contribution in [0.15, 0.2) is 12.3 Å². The second-order valence-corrected chi connectivity index (χ2v) is 6.74. The Hall–Kier alpha value is -0.800. The van der Waals surface area contributed by atoms with Crippen molar-refractivity contribution >= 4 is 17.4 Å². The van der Waals surface area contributed by atoms with Crippen molar-refractivity contribution in [1.82, 2.24) is 10.3 Å². The Morgan fingerprint density at radius 2 is 2.20 bits per heavy atom. The molecule has 0 aromatic carbocycles. The second-order valence-electron chi connectivity index (χ2n) is 6.34. The summed E-state index contributed by atoms with van der Waals surface area (Å²) in [5, 5.41) is 4.19. The zero-order valence-electron chi connectivity index (χ0n) is 12.8. The number of aromatic nitrogens is 1. The van der Waals surface area contributed by atoms with Crippen molar-refractivity contribution in [3.63, 3.8) is 0 Å². The zero-order chi connectivity index (χ0) is 14.5. The number of rotatable bonds is 7. The highest BCUT2D eigenvalue weighted by atomic mass is 35.5. The van der Waals surface area contributed by atoms with Crippen LogP contribution < -0.4 is 10.2 Å². The number of hydrogen-bond donors (Lipinski definition) is 1. The molecule has 1 heterocycles. The molecule has 1 fully saturated rings. The van der Waals surface area contributed by atoms with Gasteiger partial charge in [-0.3, -0.25) is 0 Å². The van der Waals surface area contributed by atoms with Gasteiger partial charge in [0.1, 0.15) is 5.82 Å². The Morgan fingerprint density at radius 3 is 2.80 bits per heavy atom. The summed E-state index contributed by atoms with van der Waals surface area (Å²) >= 11 is 6.24. The Morgan fingerprint density at radius 1 is 1.45 bits per heavy atom. The minimum absolute atomic E-state index is 0.649. The van der Waals surface area contributed by atoms with Gasteiger partial charge in [-0.15, -0.1) is 0 Å². The van der Waals surface area contributed by atoms with E-state index in [1.807, 2.05) is 0 Å². The van der Waals surface area contributed by atoms with E-state index in [1.165, 1.54) is 19.3 Å². The lowest BCUT2D eigenvalue weighted by molar-refractivity contribution is 0.321. The Kier molecular flexibility index (Phi) is 5.67. The molecule has 0 spiro atoms. The third-order valence-electron chi connectivity index (χ3n) is 3.94. The van der Waals surface area contributed by atoms with E-state index in [-0.39, 0.29) is 0 Å². The number of nitrogens with one attached hydrogen (secondary N) is 1. The fourth-order valence-corrected chi connectivity index (χ4v) is 2.63. The van der Waals surface area contributed by atoms with Crippen LogP contribution >= 0.6 is 11.6 Å². The molecule has 0 aliphatic heterocycles. The van der Waals surface area contributed by atoms with Crippen LogP contribution in [0.2, 0.25) is 5.02 Å². The highest BCUT2D eigenvalue weighted by molar-refractivity contribution is 6.31. The first-order chi connectivity index (χ1) is 9.56. The van der Waals surface area contributed by atoms with Crippen molar-refractivity contribution in [2.24, 2.45) is 11.8 Å². The number of nitrogens with zero attached hydrogens (tertiary/aromatic N) is 2. The predicted octanol–water partition coefficient (Wildman–Crippen LogP) is 3.72. The average Bonchev–Trinajstić information content (AvgIpc) is 2.35. The van der Waals surface area contributed by atoms with Gasteiger partial charge in [0.25, 0.3) is 0 Å². The molecule has 1 N–H and O–H groups in total. The topological polar surface area (TPSA) is 28.2 Å². The molecule has 0 amide bonds. The van der Waals surface area contributed by atoms with Crippen molar-refractivity contribution in [2.45, 2.75) is 39.7 Å². The molecular formula is C16H26ClN3. The van der Waals surface area contributed by atoms with Gasteiger partial charge in [0, 0.05) is 26.3 Å². The lowest BCUT2D eigenvalue weighted by Gasteiger charge is -2.30. The maximum atomic E-state index is 6.24. The number of halogens is 1. The van der Waals surface area contributed by atoms with Crippen molar-refractivity contribution in [1.29, 1.82) is 0 Å². The van der Waals surface area contributed by atoms with Crippen molar-refractivity contribution < 1.29 is 0 Å². The smallest absolute Gasteiger partial charge is 0.128 e. The molecule has 0 saturated heterocycles. The monoisotopic (exact) mass is 295 g/mol. The highest BCUT2D eigenvalue weighted by Crippen LogP contribution is 2.28. The summed E-state index contributed by atoms with van der Waals surface area (Å²) < 4.78 is 0. The van der Waals surface area contributed by atoms with Crippen LogP contribution in [0, 0.1) is 11.8 Å². The van der Waals surface area contributed by atoms with Gasteiger partial charge in [0.15, 0.2) is 0 Å². The van der Waals surface area contributed by atoms with E-state index >= 15 is 0 Å². The normalized spacial score (nSPS) is 15.4. The molecule has 0 atom stereocenters. The molecule has 20 heavy (non-hydrogen) atoms. The van der Waals surface area contributed by atoms with E-state index in [1.54, 1.807) is 6.20 Å². The van der Waals surface area contributed by atoms with Gasteiger partial charge in [-0.25, -0.2) is 4.98 Å². The summed E-state index contributed by atoms with van der Waals surface area (Å²) in [6.45, 7) is 7.33. The highest BCUT2D eigenvalue weighted by Gasteiger charge is 2.20. The zero-order valence-corrected chi connectivity index (χ0v) is 13.6. The first-order valence-electron chi connectivity index (χ1n) is 7.62. The van der Waals surface area contributed by atoms with E-state index in [9.17, 15) is 0 Å². The Labute approximate surface area is 127 Å². The number of pyridine rings is 1. The molecule has 4 heteroatoms. The molecular weight excluding hydrogens is 270 g/mol. The molecule has 1 saturated carbocycles. The maximum Gasteiger partial charge on any atom is 0.128 e. The standard InChI is InChI=1S/C16H26ClN3/c1-12(2)8-18-9-14-7-16(19-10-15(14)17)20(3)11-13-5-4-6-13/h7,10,12-13,18H,4-6,8-9,11H2,1-3H3. The third kappa shape index (κ3) is 4.35. The van der Waals surface area contributed by atoms with Crippen LogP contribution in [0.4, 0.5) is 5.82 Å². The predicted molar refractivity (Wildman–Crippen MR) is 86.4 cm³/mol. The van der Waals surface area contributed by atoms with E-state index in [0.29, 0.717) is 5.92 Å². The minimum atomic E-state index is 0.649. The summed E-state index contributed by atoms with van der Waals surface area (Å²) in [6.07, 6.45) is 5.89. The van der Waals surface area contributed by atoms with Gasteiger partial charge in [-0.05, 0) is 42.9 Å². The lowest BCUT2D eigenvalue weighted by Crippen LogP contribution is -2.30. The van der Waals surface area contributed by atoms with Crippen molar-refractivity contribution in [3.05, 3.63) is 22.8 Å². The molecule has 0 radical (unpaired) electrons. The minimum Gasteiger partial charge on any atom is -0.359 e. The summed E-state index contributed by atoms with van der Waals surface area (Å²) in [5.41, 5.74) is 1.14. The first-order valence-corrected chi connectivity index (χ1v) is 8.00. The largest absolute Gasteiger partial charge is 0.359 e. The molecule has 1 aliphatic carbocycles. The van der Waals surface area contributed by atoms with E-state index < -0.39 is 0 Å². The van der Waals surface area contributed by atoms with Gasteiger partial charge < -0.3 is 10.2 Å². The van der Waals surface area contributed by atoms with Gasteiger partial charge in [-0.1, -0.05) is 31.9 Å². The molecule has 1 aromatic heterocycles.